The fourth-order valence-electron chi connectivity index (χ4n) is 2.28. The standard InChI is InChI=1S/C18H15ClN2O4S2/c1-25-16-9-6-13(19)11-15(16)20-18(22)12-4-7-14(8-5-12)21-27(23,24)17-3-2-10-26-17/h2-11,21H,1H3,(H,20,22). The number of methoxy groups -OCH3 is 1. The Morgan fingerprint density at radius 2 is 1.85 bits per heavy atom. The number of benzene rings is 2. The van der Waals surface area contributed by atoms with E-state index in [4.69, 9.17) is 16.3 Å². The van der Waals surface area contributed by atoms with Crippen molar-refractivity contribution < 1.29 is 17.9 Å². The number of amides is 1. The largest absolute Gasteiger partial charge is 0.495 e. The molecule has 1 heterocycles. The zero-order valence-corrected chi connectivity index (χ0v) is 16.5. The second-order valence-electron chi connectivity index (χ2n) is 5.41. The van der Waals surface area contributed by atoms with Gasteiger partial charge < -0.3 is 10.1 Å². The molecule has 0 fully saturated rings. The van der Waals surface area contributed by atoms with Crippen LogP contribution in [0, 0.1) is 0 Å². The Labute approximate surface area is 165 Å². The summed E-state index contributed by atoms with van der Waals surface area (Å²) in [6, 6.07) is 14.2. The summed E-state index contributed by atoms with van der Waals surface area (Å²) >= 11 is 7.08. The van der Waals surface area contributed by atoms with Crippen LogP contribution in [0.15, 0.2) is 64.2 Å². The van der Waals surface area contributed by atoms with Crippen LogP contribution in [0.2, 0.25) is 5.02 Å². The van der Waals surface area contributed by atoms with E-state index in [0.717, 1.165) is 11.3 Å². The molecule has 0 aliphatic carbocycles. The number of rotatable bonds is 6. The Morgan fingerprint density at radius 1 is 1.11 bits per heavy atom. The quantitative estimate of drug-likeness (QED) is 0.614. The van der Waals surface area contributed by atoms with Crippen molar-refractivity contribution in [2.75, 3.05) is 17.1 Å². The number of carbonyl (C=O) groups is 1. The fourth-order valence-corrected chi connectivity index (χ4v) is 4.51. The van der Waals surface area contributed by atoms with Crippen LogP contribution >= 0.6 is 22.9 Å². The third-order valence-electron chi connectivity index (χ3n) is 3.57. The van der Waals surface area contributed by atoms with Gasteiger partial charge in [0, 0.05) is 16.3 Å². The molecule has 0 unspecified atom stereocenters. The first-order valence-corrected chi connectivity index (χ1v) is 10.4. The van der Waals surface area contributed by atoms with E-state index in [1.54, 1.807) is 29.6 Å². The van der Waals surface area contributed by atoms with Crippen molar-refractivity contribution in [2.24, 2.45) is 0 Å². The minimum atomic E-state index is -3.63. The molecule has 0 radical (unpaired) electrons. The van der Waals surface area contributed by atoms with Crippen LogP contribution in [0.4, 0.5) is 11.4 Å². The number of carbonyl (C=O) groups excluding carboxylic acids is 1. The zero-order valence-electron chi connectivity index (χ0n) is 14.1. The van der Waals surface area contributed by atoms with E-state index in [1.165, 1.54) is 37.4 Å². The Morgan fingerprint density at radius 3 is 2.48 bits per heavy atom. The highest BCUT2D eigenvalue weighted by molar-refractivity contribution is 7.94. The number of thiophene rings is 1. The maximum atomic E-state index is 12.4. The van der Waals surface area contributed by atoms with E-state index in [2.05, 4.69) is 10.0 Å². The smallest absolute Gasteiger partial charge is 0.271 e. The molecule has 0 saturated heterocycles. The van der Waals surface area contributed by atoms with Crippen LogP contribution < -0.4 is 14.8 Å². The normalized spacial score (nSPS) is 11.0. The van der Waals surface area contributed by atoms with Gasteiger partial charge in [0.2, 0.25) is 0 Å². The van der Waals surface area contributed by atoms with Crippen LogP contribution in [0.25, 0.3) is 0 Å². The zero-order chi connectivity index (χ0) is 19.4. The van der Waals surface area contributed by atoms with Crippen molar-refractivity contribution in [1.82, 2.24) is 0 Å². The molecule has 2 aromatic carbocycles. The van der Waals surface area contributed by atoms with Gasteiger partial charge in [-0.1, -0.05) is 17.7 Å². The lowest BCUT2D eigenvalue weighted by Crippen LogP contribution is -2.14. The molecule has 6 nitrogen and oxygen atoms in total. The Balaban J connectivity index is 1.74. The summed E-state index contributed by atoms with van der Waals surface area (Å²) in [5.41, 5.74) is 1.16. The molecule has 0 spiro atoms. The Kier molecular flexibility index (Phi) is 5.69. The predicted octanol–water partition coefficient (Wildman–Crippen LogP) is 4.46. The van der Waals surface area contributed by atoms with Crippen molar-refractivity contribution >= 4 is 50.2 Å². The van der Waals surface area contributed by atoms with Crippen LogP contribution in [0.5, 0.6) is 5.75 Å². The van der Waals surface area contributed by atoms with E-state index in [9.17, 15) is 13.2 Å². The molecule has 0 atom stereocenters. The van der Waals surface area contributed by atoms with Gasteiger partial charge in [0.15, 0.2) is 0 Å². The molecule has 9 heteroatoms. The Bertz CT molecular complexity index is 1050. The third kappa shape index (κ3) is 4.60. The molecule has 0 saturated carbocycles. The fraction of sp³-hybridized carbons (Fsp3) is 0.0556. The Hall–Kier alpha value is -2.55. The second-order valence-corrected chi connectivity index (χ2v) is 8.71. The van der Waals surface area contributed by atoms with Crippen molar-refractivity contribution in [3.8, 4) is 5.75 Å². The topological polar surface area (TPSA) is 84.5 Å². The van der Waals surface area contributed by atoms with Crippen molar-refractivity contribution in [2.45, 2.75) is 4.21 Å². The van der Waals surface area contributed by atoms with Crippen molar-refractivity contribution in [3.05, 3.63) is 70.6 Å². The number of hydrogen-bond acceptors (Lipinski definition) is 5. The average Bonchev–Trinajstić information content (AvgIpc) is 3.18. The van der Waals surface area contributed by atoms with E-state index < -0.39 is 10.0 Å². The van der Waals surface area contributed by atoms with Gasteiger partial charge in [-0.15, -0.1) is 11.3 Å². The molecule has 1 aromatic heterocycles. The van der Waals surface area contributed by atoms with Gasteiger partial charge in [-0.05, 0) is 53.9 Å². The third-order valence-corrected chi connectivity index (χ3v) is 6.58. The summed E-state index contributed by atoms with van der Waals surface area (Å²) in [6.45, 7) is 0. The lowest BCUT2D eigenvalue weighted by atomic mass is 10.2. The van der Waals surface area contributed by atoms with Gasteiger partial charge in [0.25, 0.3) is 15.9 Å². The molecule has 140 valence electrons. The summed E-state index contributed by atoms with van der Waals surface area (Å²) < 4.78 is 32.3. The van der Waals surface area contributed by atoms with E-state index in [0.29, 0.717) is 27.7 Å². The monoisotopic (exact) mass is 422 g/mol. The van der Waals surface area contributed by atoms with Gasteiger partial charge in [-0.2, -0.15) is 0 Å². The molecule has 27 heavy (non-hydrogen) atoms. The summed E-state index contributed by atoms with van der Waals surface area (Å²) in [5.74, 6) is 0.108. The number of anilines is 2. The maximum Gasteiger partial charge on any atom is 0.271 e. The van der Waals surface area contributed by atoms with Crippen molar-refractivity contribution in [1.29, 1.82) is 0 Å². The lowest BCUT2D eigenvalue weighted by Gasteiger charge is -2.11. The minimum absolute atomic E-state index is 0.220. The highest BCUT2D eigenvalue weighted by Crippen LogP contribution is 2.28. The second kappa shape index (κ2) is 7.99. The summed E-state index contributed by atoms with van der Waals surface area (Å²) in [4.78, 5) is 12.4. The molecule has 0 aliphatic rings. The predicted molar refractivity (Wildman–Crippen MR) is 108 cm³/mol. The molecular weight excluding hydrogens is 408 g/mol. The molecule has 2 N–H and O–H groups in total. The first-order valence-electron chi connectivity index (χ1n) is 7.70. The summed E-state index contributed by atoms with van der Waals surface area (Å²) in [6.07, 6.45) is 0. The summed E-state index contributed by atoms with van der Waals surface area (Å²) in [7, 11) is -2.14. The number of ether oxygens (including phenoxy) is 1. The molecule has 3 rings (SSSR count). The number of hydrogen-bond donors (Lipinski definition) is 2. The lowest BCUT2D eigenvalue weighted by molar-refractivity contribution is 0.102. The van der Waals surface area contributed by atoms with E-state index in [-0.39, 0.29) is 10.1 Å². The van der Waals surface area contributed by atoms with Crippen molar-refractivity contribution in [3.63, 3.8) is 0 Å². The van der Waals surface area contributed by atoms with Gasteiger partial charge in [-0.25, -0.2) is 8.42 Å². The van der Waals surface area contributed by atoms with Crippen LogP contribution in [0.3, 0.4) is 0 Å². The van der Waals surface area contributed by atoms with Gasteiger partial charge >= 0.3 is 0 Å². The number of sulfonamides is 1. The summed E-state index contributed by atoms with van der Waals surface area (Å²) in [5, 5.41) is 4.87. The van der Waals surface area contributed by atoms with Crippen LogP contribution in [0.1, 0.15) is 10.4 Å². The maximum absolute atomic E-state index is 12.4. The van der Waals surface area contributed by atoms with E-state index >= 15 is 0 Å². The van der Waals surface area contributed by atoms with Crippen LogP contribution in [-0.2, 0) is 10.0 Å². The number of nitrogens with one attached hydrogen (secondary N) is 2. The van der Waals surface area contributed by atoms with E-state index in [1.807, 2.05) is 0 Å². The molecule has 0 aliphatic heterocycles. The minimum Gasteiger partial charge on any atom is -0.495 e. The number of halogens is 1. The highest BCUT2D eigenvalue weighted by Gasteiger charge is 2.16. The van der Waals surface area contributed by atoms with Gasteiger partial charge in [0.1, 0.15) is 9.96 Å². The SMILES string of the molecule is COc1ccc(Cl)cc1NC(=O)c1ccc(NS(=O)(=O)c2cccs2)cc1. The first-order chi connectivity index (χ1) is 12.9. The highest BCUT2D eigenvalue weighted by atomic mass is 35.5. The molecule has 1 amide bonds. The molecule has 0 bridgehead atoms. The molecular formula is C18H15ClN2O4S2. The van der Waals surface area contributed by atoms with Gasteiger partial charge in [0.05, 0.1) is 12.8 Å². The van der Waals surface area contributed by atoms with Gasteiger partial charge in [-0.3, -0.25) is 9.52 Å². The molecule has 3 aromatic rings. The average molecular weight is 423 g/mol. The van der Waals surface area contributed by atoms with Crippen LogP contribution in [-0.4, -0.2) is 21.4 Å². The first kappa shape index (κ1) is 19.2.